The minimum atomic E-state index is -1.03. The Hall–Kier alpha value is -3.03. The number of aromatic nitrogens is 1. The van der Waals surface area contributed by atoms with Gasteiger partial charge in [-0.05, 0) is 13.0 Å². The number of pyridine rings is 1. The van der Waals surface area contributed by atoms with Gasteiger partial charge < -0.3 is 10.4 Å². The van der Waals surface area contributed by atoms with Gasteiger partial charge in [-0.2, -0.15) is 0 Å². The highest BCUT2D eigenvalue weighted by molar-refractivity contribution is 6.07. The normalized spacial score (nSPS) is 10.4. The number of nitro groups is 1. The number of hydrogen-bond acceptors (Lipinski definition) is 5. The summed E-state index contributed by atoms with van der Waals surface area (Å²) in [5.41, 5.74) is 0.450. The van der Waals surface area contributed by atoms with E-state index in [0.717, 1.165) is 0 Å². The SMILES string of the molecule is Cc1ccc2c(C(=O)NCCC(=O)O)nccc2c1[N+](=O)[O-]. The van der Waals surface area contributed by atoms with E-state index < -0.39 is 16.8 Å². The predicted molar refractivity (Wildman–Crippen MR) is 77.7 cm³/mol. The van der Waals surface area contributed by atoms with Crippen molar-refractivity contribution in [3.05, 3.63) is 45.8 Å². The van der Waals surface area contributed by atoms with Crippen LogP contribution in [-0.4, -0.2) is 33.4 Å². The van der Waals surface area contributed by atoms with Gasteiger partial charge in [-0.15, -0.1) is 0 Å². The quantitative estimate of drug-likeness (QED) is 0.639. The van der Waals surface area contributed by atoms with Crippen molar-refractivity contribution in [3.8, 4) is 0 Å². The minimum absolute atomic E-state index is 0.0333. The standard InChI is InChI=1S/C14H13N3O5/c1-8-2-3-9-10(13(8)17(21)22)4-6-15-12(9)14(20)16-7-5-11(18)19/h2-4,6H,5,7H2,1H3,(H,16,20)(H,18,19). The topological polar surface area (TPSA) is 122 Å². The molecule has 0 saturated heterocycles. The number of nitro benzene ring substituents is 1. The zero-order valence-electron chi connectivity index (χ0n) is 11.7. The maximum absolute atomic E-state index is 12.1. The van der Waals surface area contributed by atoms with E-state index >= 15 is 0 Å². The Morgan fingerprint density at radius 1 is 1.32 bits per heavy atom. The summed E-state index contributed by atoms with van der Waals surface area (Å²) in [6.07, 6.45) is 1.11. The van der Waals surface area contributed by atoms with Crippen LogP contribution in [0.25, 0.3) is 10.8 Å². The number of carboxylic acids is 1. The molecule has 114 valence electrons. The van der Waals surface area contributed by atoms with Crippen molar-refractivity contribution in [1.29, 1.82) is 0 Å². The van der Waals surface area contributed by atoms with Gasteiger partial charge in [0.05, 0.1) is 16.7 Å². The van der Waals surface area contributed by atoms with Crippen LogP contribution < -0.4 is 5.32 Å². The lowest BCUT2D eigenvalue weighted by atomic mass is 10.0. The third-order valence-electron chi connectivity index (χ3n) is 3.14. The lowest BCUT2D eigenvalue weighted by molar-refractivity contribution is -0.383. The number of nitrogens with one attached hydrogen (secondary N) is 1. The number of rotatable bonds is 5. The summed E-state index contributed by atoms with van der Waals surface area (Å²) in [6, 6.07) is 4.63. The van der Waals surface area contributed by atoms with Crippen LogP contribution in [0.5, 0.6) is 0 Å². The molecule has 1 heterocycles. The van der Waals surface area contributed by atoms with Crippen molar-refractivity contribution in [1.82, 2.24) is 10.3 Å². The Balaban J connectivity index is 2.43. The van der Waals surface area contributed by atoms with Crippen LogP contribution in [0.2, 0.25) is 0 Å². The monoisotopic (exact) mass is 303 g/mol. The molecule has 0 bridgehead atoms. The fourth-order valence-corrected chi connectivity index (χ4v) is 2.14. The van der Waals surface area contributed by atoms with Gasteiger partial charge in [-0.25, -0.2) is 0 Å². The van der Waals surface area contributed by atoms with Gasteiger partial charge in [0.2, 0.25) is 0 Å². The molecule has 0 saturated carbocycles. The van der Waals surface area contributed by atoms with Crippen LogP contribution >= 0.6 is 0 Å². The van der Waals surface area contributed by atoms with Gasteiger partial charge in [0, 0.05) is 23.7 Å². The van der Waals surface area contributed by atoms with E-state index in [1.54, 1.807) is 19.1 Å². The summed E-state index contributed by atoms with van der Waals surface area (Å²) in [6.45, 7) is 1.57. The van der Waals surface area contributed by atoms with E-state index in [4.69, 9.17) is 5.11 Å². The van der Waals surface area contributed by atoms with Crippen LogP contribution in [0.1, 0.15) is 22.5 Å². The van der Waals surface area contributed by atoms with E-state index in [2.05, 4.69) is 10.3 Å². The van der Waals surface area contributed by atoms with Crippen molar-refractivity contribution in [2.24, 2.45) is 0 Å². The molecule has 0 aliphatic carbocycles. The summed E-state index contributed by atoms with van der Waals surface area (Å²) in [5, 5.41) is 22.8. The molecule has 8 nitrogen and oxygen atoms in total. The highest BCUT2D eigenvalue weighted by Gasteiger charge is 2.20. The molecule has 1 aromatic carbocycles. The highest BCUT2D eigenvalue weighted by Crippen LogP contribution is 2.30. The van der Waals surface area contributed by atoms with E-state index in [9.17, 15) is 19.7 Å². The highest BCUT2D eigenvalue weighted by atomic mass is 16.6. The van der Waals surface area contributed by atoms with E-state index in [1.165, 1.54) is 12.3 Å². The first kappa shape index (κ1) is 15.4. The average molecular weight is 303 g/mol. The number of carbonyl (C=O) groups excluding carboxylic acids is 1. The number of benzene rings is 1. The Bertz CT molecular complexity index is 772. The number of amides is 1. The minimum Gasteiger partial charge on any atom is -0.481 e. The van der Waals surface area contributed by atoms with Crippen molar-refractivity contribution in [3.63, 3.8) is 0 Å². The molecule has 0 atom stereocenters. The van der Waals surface area contributed by atoms with Gasteiger partial charge in [-0.1, -0.05) is 12.1 Å². The second kappa shape index (κ2) is 6.17. The van der Waals surface area contributed by atoms with Crippen molar-refractivity contribution in [2.45, 2.75) is 13.3 Å². The molecular weight excluding hydrogens is 290 g/mol. The molecule has 2 N–H and O–H groups in total. The van der Waals surface area contributed by atoms with Crippen LogP contribution in [0.3, 0.4) is 0 Å². The molecule has 0 fully saturated rings. The lowest BCUT2D eigenvalue weighted by Crippen LogP contribution is -2.27. The van der Waals surface area contributed by atoms with Gasteiger partial charge >= 0.3 is 5.97 Å². The Morgan fingerprint density at radius 3 is 2.68 bits per heavy atom. The largest absolute Gasteiger partial charge is 0.481 e. The zero-order chi connectivity index (χ0) is 16.3. The van der Waals surface area contributed by atoms with Gasteiger partial charge in [0.1, 0.15) is 5.69 Å². The Labute approximate surface area is 124 Å². The van der Waals surface area contributed by atoms with Crippen molar-refractivity contribution < 1.29 is 19.6 Å². The number of aryl methyl sites for hydroxylation is 1. The molecule has 22 heavy (non-hydrogen) atoms. The Morgan fingerprint density at radius 2 is 2.05 bits per heavy atom. The summed E-state index contributed by atoms with van der Waals surface area (Å²) >= 11 is 0. The van der Waals surface area contributed by atoms with Crippen LogP contribution in [0.15, 0.2) is 24.4 Å². The summed E-state index contributed by atoms with van der Waals surface area (Å²) in [7, 11) is 0. The number of aliphatic carboxylic acids is 1. The number of fused-ring (bicyclic) bond motifs is 1. The molecule has 0 aliphatic rings. The van der Waals surface area contributed by atoms with Crippen LogP contribution in [-0.2, 0) is 4.79 Å². The van der Waals surface area contributed by atoms with Gasteiger partial charge in [0.25, 0.3) is 11.6 Å². The molecule has 1 amide bonds. The van der Waals surface area contributed by atoms with E-state index in [-0.39, 0.29) is 24.3 Å². The molecule has 0 radical (unpaired) electrons. The van der Waals surface area contributed by atoms with E-state index in [0.29, 0.717) is 16.3 Å². The summed E-state index contributed by atoms with van der Waals surface area (Å²) < 4.78 is 0. The third-order valence-corrected chi connectivity index (χ3v) is 3.14. The molecular formula is C14H13N3O5. The molecule has 0 unspecified atom stereocenters. The van der Waals surface area contributed by atoms with Crippen LogP contribution in [0, 0.1) is 17.0 Å². The predicted octanol–water partition coefficient (Wildman–Crippen LogP) is 1.66. The lowest BCUT2D eigenvalue weighted by Gasteiger charge is -2.08. The molecule has 2 rings (SSSR count). The number of nitrogens with zero attached hydrogens (tertiary/aromatic N) is 2. The molecule has 0 spiro atoms. The fraction of sp³-hybridized carbons (Fsp3) is 0.214. The fourth-order valence-electron chi connectivity index (χ4n) is 2.14. The van der Waals surface area contributed by atoms with Gasteiger partial charge in [-0.3, -0.25) is 24.7 Å². The van der Waals surface area contributed by atoms with Crippen molar-refractivity contribution in [2.75, 3.05) is 6.54 Å². The first-order valence-electron chi connectivity index (χ1n) is 6.44. The van der Waals surface area contributed by atoms with Crippen LogP contribution in [0.4, 0.5) is 5.69 Å². The Kier molecular flexibility index (Phi) is 4.31. The third kappa shape index (κ3) is 3.00. The smallest absolute Gasteiger partial charge is 0.305 e. The molecule has 1 aromatic heterocycles. The molecule has 2 aromatic rings. The van der Waals surface area contributed by atoms with Gasteiger partial charge in [0.15, 0.2) is 0 Å². The number of carboxylic acid groups (broad SMARTS) is 1. The average Bonchev–Trinajstić information content (AvgIpc) is 2.45. The maximum atomic E-state index is 12.1. The molecule has 8 heteroatoms. The first-order valence-corrected chi connectivity index (χ1v) is 6.44. The second-order valence-corrected chi connectivity index (χ2v) is 4.64. The molecule has 0 aliphatic heterocycles. The van der Waals surface area contributed by atoms with E-state index in [1.807, 2.05) is 0 Å². The summed E-state index contributed by atoms with van der Waals surface area (Å²) in [5.74, 6) is -1.59. The number of hydrogen-bond donors (Lipinski definition) is 2. The summed E-state index contributed by atoms with van der Waals surface area (Å²) in [4.78, 5) is 37.2. The van der Waals surface area contributed by atoms with Crippen molar-refractivity contribution >= 4 is 28.3 Å². The first-order chi connectivity index (χ1) is 10.4. The maximum Gasteiger partial charge on any atom is 0.305 e. The zero-order valence-corrected chi connectivity index (χ0v) is 11.7. The number of carbonyl (C=O) groups is 2. The second-order valence-electron chi connectivity index (χ2n) is 4.64.